The van der Waals surface area contributed by atoms with Gasteiger partial charge in [0.25, 0.3) is 0 Å². The van der Waals surface area contributed by atoms with Crippen molar-refractivity contribution in [2.24, 2.45) is 11.1 Å². The molecule has 156 valence electrons. The van der Waals surface area contributed by atoms with E-state index in [9.17, 15) is 4.79 Å². The second-order valence-electron chi connectivity index (χ2n) is 8.23. The van der Waals surface area contributed by atoms with Crippen LogP contribution < -0.4 is 5.73 Å². The van der Waals surface area contributed by atoms with Crippen molar-refractivity contribution in [1.29, 1.82) is 0 Å². The molecule has 1 aromatic rings. The molecule has 0 unspecified atom stereocenters. The minimum Gasteiger partial charge on any atom is -0.339 e. The predicted molar refractivity (Wildman–Crippen MR) is 118 cm³/mol. The fraction of sp³-hybridized carbons (Fsp3) is 0.650. The maximum absolute atomic E-state index is 12.5. The Morgan fingerprint density at radius 1 is 1.11 bits per heavy atom. The zero-order valence-electron chi connectivity index (χ0n) is 17.1. The Morgan fingerprint density at radius 2 is 1.67 bits per heavy atom. The highest BCUT2D eigenvalue weighted by Crippen LogP contribution is 2.19. The van der Waals surface area contributed by atoms with Gasteiger partial charge in [-0.1, -0.05) is 51.1 Å². The summed E-state index contributed by atoms with van der Waals surface area (Å²) in [6, 6.07) is 10.1. The summed E-state index contributed by atoms with van der Waals surface area (Å²) in [7, 11) is 2.16. The monoisotopic (exact) mass is 418 g/mol. The third-order valence-corrected chi connectivity index (χ3v) is 4.98. The number of nitrogens with zero attached hydrogens (tertiary/aromatic N) is 3. The smallest absolute Gasteiger partial charge is 0.240 e. The highest BCUT2D eigenvalue weighted by Gasteiger charge is 2.32. The number of piperazine rings is 1. The zero-order chi connectivity index (χ0) is 18.4. The lowest BCUT2D eigenvalue weighted by Crippen LogP contribution is -2.56. The average Bonchev–Trinajstić information content (AvgIpc) is 2.59. The quantitative estimate of drug-likeness (QED) is 0.770. The minimum absolute atomic E-state index is 0. The van der Waals surface area contributed by atoms with E-state index < -0.39 is 6.04 Å². The number of hydrogen-bond acceptors (Lipinski definition) is 4. The summed E-state index contributed by atoms with van der Waals surface area (Å²) >= 11 is 0. The Balaban J connectivity index is 0.00000338. The van der Waals surface area contributed by atoms with Gasteiger partial charge in [0.1, 0.15) is 0 Å². The third-order valence-electron chi connectivity index (χ3n) is 4.98. The van der Waals surface area contributed by atoms with Crippen LogP contribution in [0.4, 0.5) is 0 Å². The van der Waals surface area contributed by atoms with Crippen LogP contribution in [0.3, 0.4) is 0 Å². The molecule has 0 spiro atoms. The van der Waals surface area contributed by atoms with Gasteiger partial charge in [0.15, 0.2) is 0 Å². The zero-order valence-corrected chi connectivity index (χ0v) is 18.7. The molecule has 1 saturated heterocycles. The van der Waals surface area contributed by atoms with E-state index >= 15 is 0 Å². The van der Waals surface area contributed by atoms with Gasteiger partial charge in [0.05, 0.1) is 6.04 Å². The van der Waals surface area contributed by atoms with Gasteiger partial charge in [-0.25, -0.2) is 0 Å². The number of rotatable bonds is 6. The lowest BCUT2D eigenvalue weighted by atomic mass is 9.86. The molecule has 7 heteroatoms. The Hall–Kier alpha value is -0.850. The van der Waals surface area contributed by atoms with E-state index in [4.69, 9.17) is 5.73 Å². The lowest BCUT2D eigenvalue weighted by molar-refractivity contribution is -0.136. The summed E-state index contributed by atoms with van der Waals surface area (Å²) < 4.78 is 0. The average molecular weight is 419 g/mol. The number of hydrogen-bond donors (Lipinski definition) is 1. The van der Waals surface area contributed by atoms with E-state index in [2.05, 4.69) is 47.2 Å². The van der Waals surface area contributed by atoms with Crippen LogP contribution >= 0.6 is 24.8 Å². The first-order chi connectivity index (χ1) is 11.8. The summed E-state index contributed by atoms with van der Waals surface area (Å²) in [5, 5.41) is 0. The van der Waals surface area contributed by atoms with Crippen molar-refractivity contribution >= 4 is 30.7 Å². The highest BCUT2D eigenvalue weighted by atomic mass is 35.5. The van der Waals surface area contributed by atoms with Gasteiger partial charge >= 0.3 is 0 Å². The molecule has 0 aliphatic carbocycles. The number of halogens is 2. The van der Waals surface area contributed by atoms with Crippen LogP contribution in [0.25, 0.3) is 0 Å². The van der Waals surface area contributed by atoms with Crippen LogP contribution in [0.5, 0.6) is 0 Å². The molecule has 1 amide bonds. The molecule has 0 radical (unpaired) electrons. The van der Waals surface area contributed by atoms with Crippen LogP contribution in [-0.2, 0) is 11.3 Å². The second kappa shape index (κ2) is 11.9. The van der Waals surface area contributed by atoms with Crippen molar-refractivity contribution in [1.82, 2.24) is 14.7 Å². The van der Waals surface area contributed by atoms with Crippen molar-refractivity contribution in [3.8, 4) is 0 Å². The molecule has 2 N–H and O–H groups in total. The topological polar surface area (TPSA) is 52.8 Å². The molecule has 1 aliphatic rings. The molecular formula is C20H36Cl2N4O. The van der Waals surface area contributed by atoms with Gasteiger partial charge in [0.2, 0.25) is 5.91 Å². The number of amides is 1. The van der Waals surface area contributed by atoms with Crippen LogP contribution in [0.2, 0.25) is 0 Å². The van der Waals surface area contributed by atoms with E-state index in [1.165, 1.54) is 5.56 Å². The van der Waals surface area contributed by atoms with Gasteiger partial charge in [-0.05, 0) is 18.0 Å². The number of carbonyl (C=O) groups is 1. The molecule has 1 heterocycles. The van der Waals surface area contributed by atoms with Crippen LogP contribution in [0, 0.1) is 5.41 Å². The summed E-state index contributed by atoms with van der Waals surface area (Å²) in [4.78, 5) is 19.2. The fourth-order valence-electron chi connectivity index (χ4n) is 3.05. The Bertz CT molecular complexity index is 543. The first kappa shape index (κ1) is 26.1. The van der Waals surface area contributed by atoms with Gasteiger partial charge in [-0.15, -0.1) is 24.8 Å². The largest absolute Gasteiger partial charge is 0.339 e. The van der Waals surface area contributed by atoms with E-state index in [0.717, 1.165) is 45.8 Å². The normalized spacial score (nSPS) is 16.4. The van der Waals surface area contributed by atoms with Gasteiger partial charge < -0.3 is 15.5 Å². The molecule has 0 bridgehead atoms. The van der Waals surface area contributed by atoms with Crippen molar-refractivity contribution in [3.63, 3.8) is 0 Å². The van der Waals surface area contributed by atoms with Crippen LogP contribution in [0.1, 0.15) is 26.3 Å². The van der Waals surface area contributed by atoms with Crippen molar-refractivity contribution in [3.05, 3.63) is 35.9 Å². The SMILES string of the molecule is CN(CCN1CCN(C(=O)[C@@H](N)C(C)(C)C)CC1)Cc1ccccc1.Cl.Cl. The molecule has 0 saturated carbocycles. The lowest BCUT2D eigenvalue weighted by Gasteiger charge is -2.38. The summed E-state index contributed by atoms with van der Waals surface area (Å²) in [6.45, 7) is 12.5. The van der Waals surface area contributed by atoms with Gasteiger partial charge in [-0.3, -0.25) is 9.69 Å². The van der Waals surface area contributed by atoms with E-state index in [0.29, 0.717) is 0 Å². The molecule has 0 aromatic heterocycles. The number of carbonyl (C=O) groups excluding carboxylic acids is 1. The maximum Gasteiger partial charge on any atom is 0.240 e. The molecule has 1 atom stereocenters. The first-order valence-electron chi connectivity index (χ1n) is 9.26. The molecular weight excluding hydrogens is 383 g/mol. The fourth-order valence-corrected chi connectivity index (χ4v) is 3.05. The van der Waals surface area contributed by atoms with E-state index in [-0.39, 0.29) is 36.1 Å². The second-order valence-corrected chi connectivity index (χ2v) is 8.23. The first-order valence-corrected chi connectivity index (χ1v) is 9.26. The van der Waals surface area contributed by atoms with Crippen molar-refractivity contribution < 1.29 is 4.79 Å². The maximum atomic E-state index is 12.5. The minimum atomic E-state index is -0.420. The molecule has 5 nitrogen and oxygen atoms in total. The molecule has 1 fully saturated rings. The predicted octanol–water partition coefficient (Wildman–Crippen LogP) is 2.48. The van der Waals surface area contributed by atoms with E-state index in [1.54, 1.807) is 0 Å². The van der Waals surface area contributed by atoms with Crippen molar-refractivity contribution in [2.45, 2.75) is 33.4 Å². The summed E-state index contributed by atoms with van der Waals surface area (Å²) in [5.74, 6) is 0.0911. The summed E-state index contributed by atoms with van der Waals surface area (Å²) in [6.07, 6.45) is 0. The van der Waals surface area contributed by atoms with Crippen molar-refractivity contribution in [2.75, 3.05) is 46.3 Å². The number of nitrogens with two attached hydrogens (primary N) is 1. The number of likely N-dealkylation sites (N-methyl/N-ethyl adjacent to an activating group) is 1. The summed E-state index contributed by atoms with van der Waals surface area (Å²) in [5.41, 5.74) is 7.28. The van der Waals surface area contributed by atoms with Crippen LogP contribution in [-0.4, -0.2) is 73.0 Å². The highest BCUT2D eigenvalue weighted by molar-refractivity contribution is 5.85. The Kier molecular flexibility index (Phi) is 11.5. The Labute approximate surface area is 177 Å². The van der Waals surface area contributed by atoms with Gasteiger partial charge in [0, 0.05) is 45.8 Å². The van der Waals surface area contributed by atoms with E-state index in [1.807, 2.05) is 25.7 Å². The molecule has 1 aliphatic heterocycles. The van der Waals surface area contributed by atoms with Crippen LogP contribution in [0.15, 0.2) is 30.3 Å². The molecule has 1 aromatic carbocycles. The number of benzene rings is 1. The van der Waals surface area contributed by atoms with Gasteiger partial charge in [-0.2, -0.15) is 0 Å². The standard InChI is InChI=1S/C20H34N4O.2ClH/c1-20(2,3)18(21)19(25)24-14-12-23(13-15-24)11-10-22(4)16-17-8-6-5-7-9-17;;/h5-9,18H,10-16,21H2,1-4H3;2*1H/t18-;;/m1../s1. The Morgan fingerprint density at radius 3 is 2.19 bits per heavy atom. The third kappa shape index (κ3) is 8.36. The molecule has 27 heavy (non-hydrogen) atoms. The molecule has 2 rings (SSSR count).